The van der Waals surface area contributed by atoms with Gasteiger partial charge in [-0.25, -0.2) is 9.48 Å². The number of aromatic carboxylic acids is 1. The zero-order valence-corrected chi connectivity index (χ0v) is 12.5. The van der Waals surface area contributed by atoms with E-state index < -0.39 is 5.97 Å². The van der Waals surface area contributed by atoms with Gasteiger partial charge < -0.3 is 10.4 Å². The van der Waals surface area contributed by atoms with Gasteiger partial charge in [0.2, 0.25) is 5.91 Å². The summed E-state index contributed by atoms with van der Waals surface area (Å²) in [6.07, 6.45) is 5.55. The molecular formula is C14H22N4O3. The summed E-state index contributed by atoms with van der Waals surface area (Å²) >= 11 is 0. The van der Waals surface area contributed by atoms with Gasteiger partial charge in [0.1, 0.15) is 6.54 Å². The highest BCUT2D eigenvalue weighted by Crippen LogP contribution is 2.19. The number of carboxylic acids is 1. The minimum absolute atomic E-state index is 0.0181. The molecule has 0 unspecified atom stereocenters. The summed E-state index contributed by atoms with van der Waals surface area (Å²) in [4.78, 5) is 23.2. The van der Waals surface area contributed by atoms with Crippen molar-refractivity contribution in [2.45, 2.75) is 64.5 Å². The normalized spacial score (nSPS) is 16.1. The van der Waals surface area contributed by atoms with E-state index in [1.54, 1.807) is 0 Å². The largest absolute Gasteiger partial charge is 0.476 e. The van der Waals surface area contributed by atoms with Crippen molar-refractivity contribution in [3.63, 3.8) is 0 Å². The number of carbonyl (C=O) groups is 2. The van der Waals surface area contributed by atoms with Crippen LogP contribution in [0.15, 0.2) is 0 Å². The molecule has 0 aromatic carbocycles. The third-order valence-electron chi connectivity index (χ3n) is 3.79. The second-order valence-electron chi connectivity index (χ2n) is 5.84. The fourth-order valence-electron chi connectivity index (χ4n) is 2.82. The van der Waals surface area contributed by atoms with E-state index in [0.29, 0.717) is 5.69 Å². The first-order chi connectivity index (χ1) is 9.99. The number of carboxylic acid groups (broad SMARTS) is 1. The molecule has 7 heteroatoms. The number of hydrogen-bond donors (Lipinski definition) is 2. The molecule has 116 valence electrons. The first-order valence-corrected chi connectivity index (χ1v) is 7.45. The maximum Gasteiger partial charge on any atom is 0.358 e. The summed E-state index contributed by atoms with van der Waals surface area (Å²) in [5, 5.41) is 19.6. The Labute approximate surface area is 123 Å². The van der Waals surface area contributed by atoms with Crippen molar-refractivity contribution in [1.82, 2.24) is 20.3 Å². The van der Waals surface area contributed by atoms with Gasteiger partial charge in [0, 0.05) is 6.04 Å². The van der Waals surface area contributed by atoms with Crippen LogP contribution in [0.4, 0.5) is 0 Å². The summed E-state index contributed by atoms with van der Waals surface area (Å²) < 4.78 is 1.40. The Morgan fingerprint density at radius 3 is 2.57 bits per heavy atom. The summed E-state index contributed by atoms with van der Waals surface area (Å²) in [6.45, 7) is 3.74. The standard InChI is InChI=1S/C14H22N4O3/c1-9(2)13-12(14(20)21)16-17-18(13)8-11(19)15-10-6-4-3-5-7-10/h9-10H,3-8H2,1-2H3,(H,15,19)(H,20,21). The number of rotatable bonds is 5. The van der Waals surface area contributed by atoms with Gasteiger partial charge in [0.15, 0.2) is 5.69 Å². The lowest BCUT2D eigenvalue weighted by Crippen LogP contribution is -2.38. The summed E-state index contributed by atoms with van der Waals surface area (Å²) in [7, 11) is 0. The maximum atomic E-state index is 12.1. The molecule has 1 saturated carbocycles. The van der Waals surface area contributed by atoms with Gasteiger partial charge in [0.25, 0.3) is 0 Å². The first kappa shape index (κ1) is 15.5. The molecule has 0 bridgehead atoms. The molecule has 1 amide bonds. The number of nitrogens with one attached hydrogen (secondary N) is 1. The summed E-state index contributed by atoms with van der Waals surface area (Å²) in [5.74, 6) is -1.31. The molecule has 0 radical (unpaired) electrons. The molecular weight excluding hydrogens is 272 g/mol. The second-order valence-corrected chi connectivity index (χ2v) is 5.84. The van der Waals surface area contributed by atoms with Gasteiger partial charge >= 0.3 is 5.97 Å². The zero-order valence-electron chi connectivity index (χ0n) is 12.5. The van der Waals surface area contributed by atoms with Crippen LogP contribution in [0.5, 0.6) is 0 Å². The highest BCUT2D eigenvalue weighted by molar-refractivity contribution is 5.86. The van der Waals surface area contributed by atoms with Crippen molar-refractivity contribution in [2.75, 3.05) is 0 Å². The van der Waals surface area contributed by atoms with E-state index >= 15 is 0 Å². The van der Waals surface area contributed by atoms with Crippen molar-refractivity contribution >= 4 is 11.9 Å². The molecule has 1 heterocycles. The number of amides is 1. The Morgan fingerprint density at radius 1 is 1.33 bits per heavy atom. The molecule has 1 aromatic rings. The Kier molecular flexibility index (Phi) is 4.93. The quantitative estimate of drug-likeness (QED) is 0.858. The SMILES string of the molecule is CC(C)c1c(C(=O)O)nnn1CC(=O)NC1CCCCC1. The molecule has 21 heavy (non-hydrogen) atoms. The third kappa shape index (κ3) is 3.80. The zero-order chi connectivity index (χ0) is 15.4. The lowest BCUT2D eigenvalue weighted by atomic mass is 9.95. The summed E-state index contributed by atoms with van der Waals surface area (Å²) in [5.41, 5.74) is 0.414. The van der Waals surface area contributed by atoms with Gasteiger partial charge in [-0.15, -0.1) is 5.10 Å². The Bertz CT molecular complexity index is 518. The molecule has 2 rings (SSSR count). The van der Waals surface area contributed by atoms with Crippen LogP contribution < -0.4 is 5.32 Å². The molecule has 0 saturated heterocycles. The van der Waals surface area contributed by atoms with Crippen LogP contribution in [0.1, 0.15) is 68.1 Å². The van der Waals surface area contributed by atoms with Gasteiger partial charge in [-0.2, -0.15) is 0 Å². The van der Waals surface area contributed by atoms with Gasteiger partial charge in [-0.1, -0.05) is 38.3 Å². The molecule has 2 N–H and O–H groups in total. The maximum absolute atomic E-state index is 12.1. The van der Waals surface area contributed by atoms with Crippen molar-refractivity contribution < 1.29 is 14.7 Å². The van der Waals surface area contributed by atoms with Crippen molar-refractivity contribution in [3.05, 3.63) is 11.4 Å². The van der Waals surface area contributed by atoms with Crippen molar-refractivity contribution in [1.29, 1.82) is 0 Å². The smallest absolute Gasteiger partial charge is 0.358 e. The van der Waals surface area contributed by atoms with E-state index in [1.165, 1.54) is 11.1 Å². The average Bonchev–Trinajstić information content (AvgIpc) is 2.83. The number of nitrogens with zero attached hydrogens (tertiary/aromatic N) is 3. The molecule has 0 aliphatic heterocycles. The minimum atomic E-state index is -1.11. The summed E-state index contributed by atoms with van der Waals surface area (Å²) in [6, 6.07) is 0.233. The van der Waals surface area contributed by atoms with Crippen LogP contribution in [0.2, 0.25) is 0 Å². The third-order valence-corrected chi connectivity index (χ3v) is 3.79. The van der Waals surface area contributed by atoms with Crippen LogP contribution >= 0.6 is 0 Å². The fraction of sp³-hybridized carbons (Fsp3) is 0.714. The monoisotopic (exact) mass is 294 g/mol. The minimum Gasteiger partial charge on any atom is -0.476 e. The van der Waals surface area contributed by atoms with Crippen LogP contribution in [-0.2, 0) is 11.3 Å². The lowest BCUT2D eigenvalue weighted by Gasteiger charge is -2.22. The van der Waals surface area contributed by atoms with Crippen molar-refractivity contribution in [3.8, 4) is 0 Å². The van der Waals surface area contributed by atoms with E-state index in [0.717, 1.165) is 25.7 Å². The van der Waals surface area contributed by atoms with Crippen LogP contribution in [0, 0.1) is 0 Å². The average molecular weight is 294 g/mol. The highest BCUT2D eigenvalue weighted by Gasteiger charge is 2.23. The predicted molar refractivity (Wildman–Crippen MR) is 76.1 cm³/mol. The molecule has 1 aliphatic carbocycles. The highest BCUT2D eigenvalue weighted by atomic mass is 16.4. The van der Waals surface area contributed by atoms with Crippen LogP contribution in [-0.4, -0.2) is 38.0 Å². The second kappa shape index (κ2) is 6.69. The van der Waals surface area contributed by atoms with E-state index in [9.17, 15) is 9.59 Å². The predicted octanol–water partition coefficient (Wildman–Crippen LogP) is 1.55. The van der Waals surface area contributed by atoms with Crippen molar-refractivity contribution in [2.24, 2.45) is 0 Å². The Morgan fingerprint density at radius 2 is 2.00 bits per heavy atom. The molecule has 1 aliphatic rings. The number of aromatic nitrogens is 3. The van der Waals surface area contributed by atoms with E-state index in [1.807, 2.05) is 13.8 Å². The number of hydrogen-bond acceptors (Lipinski definition) is 4. The van der Waals surface area contributed by atoms with Gasteiger partial charge in [0.05, 0.1) is 5.69 Å². The molecule has 0 atom stereocenters. The molecule has 0 spiro atoms. The molecule has 1 fully saturated rings. The van der Waals surface area contributed by atoms with Crippen LogP contribution in [0.3, 0.4) is 0 Å². The molecule has 7 nitrogen and oxygen atoms in total. The first-order valence-electron chi connectivity index (χ1n) is 7.45. The van der Waals surface area contributed by atoms with Gasteiger partial charge in [-0.3, -0.25) is 4.79 Å². The van der Waals surface area contributed by atoms with E-state index in [-0.39, 0.29) is 30.1 Å². The topological polar surface area (TPSA) is 97.1 Å². The Balaban J connectivity index is 2.04. The lowest BCUT2D eigenvalue weighted by molar-refractivity contribution is -0.122. The Hall–Kier alpha value is -1.92. The van der Waals surface area contributed by atoms with E-state index in [4.69, 9.17) is 5.11 Å². The van der Waals surface area contributed by atoms with E-state index in [2.05, 4.69) is 15.6 Å². The fourth-order valence-corrected chi connectivity index (χ4v) is 2.82. The number of carbonyl (C=O) groups excluding carboxylic acids is 1. The molecule has 1 aromatic heterocycles. The van der Waals surface area contributed by atoms with Gasteiger partial charge in [-0.05, 0) is 18.8 Å². The van der Waals surface area contributed by atoms with Crippen LogP contribution in [0.25, 0.3) is 0 Å².